The molecule has 8 heteroatoms. The van der Waals surface area contributed by atoms with E-state index in [0.717, 1.165) is 12.1 Å². The fourth-order valence-electron chi connectivity index (χ4n) is 1.51. The summed E-state index contributed by atoms with van der Waals surface area (Å²) in [6.07, 6.45) is 0.180. The van der Waals surface area contributed by atoms with Crippen LogP contribution in [0.15, 0.2) is 17.0 Å². The number of aliphatic hydroxyl groups is 1. The van der Waals surface area contributed by atoms with E-state index in [0.29, 0.717) is 12.8 Å². The van der Waals surface area contributed by atoms with Crippen LogP contribution < -0.4 is 10.5 Å². The van der Waals surface area contributed by atoms with Gasteiger partial charge in [0.15, 0.2) is 4.90 Å². The Morgan fingerprint density at radius 2 is 1.89 bits per heavy atom. The second-order valence-corrected chi connectivity index (χ2v) is 5.91. The summed E-state index contributed by atoms with van der Waals surface area (Å²) in [5.74, 6) is -2.47. The smallest absolute Gasteiger partial charge is 0.246 e. The zero-order chi connectivity index (χ0) is 14.6. The predicted molar refractivity (Wildman–Crippen MR) is 66.9 cm³/mol. The first kappa shape index (κ1) is 15.8. The first-order valence-electron chi connectivity index (χ1n) is 5.66. The summed E-state index contributed by atoms with van der Waals surface area (Å²) in [4.78, 5) is -1.04. The summed E-state index contributed by atoms with van der Waals surface area (Å²) >= 11 is 0. The van der Waals surface area contributed by atoms with Crippen molar-refractivity contribution in [1.82, 2.24) is 4.72 Å². The maximum atomic E-state index is 13.5. The number of sulfonamides is 1. The van der Waals surface area contributed by atoms with E-state index in [9.17, 15) is 17.2 Å². The molecule has 1 unspecified atom stereocenters. The molecule has 0 heterocycles. The van der Waals surface area contributed by atoms with Gasteiger partial charge in [-0.2, -0.15) is 0 Å². The molecule has 0 aliphatic rings. The minimum atomic E-state index is -4.27. The van der Waals surface area contributed by atoms with Crippen molar-refractivity contribution >= 4 is 15.7 Å². The number of hydrogen-bond donors (Lipinski definition) is 3. The van der Waals surface area contributed by atoms with Crippen molar-refractivity contribution in [2.24, 2.45) is 0 Å². The number of nitrogens with two attached hydrogens (primary N) is 1. The average Bonchev–Trinajstić information content (AvgIpc) is 2.22. The lowest BCUT2D eigenvalue weighted by molar-refractivity contribution is 0.182. The van der Waals surface area contributed by atoms with Crippen LogP contribution in [0.4, 0.5) is 14.5 Å². The highest BCUT2D eigenvalue weighted by Crippen LogP contribution is 2.21. The van der Waals surface area contributed by atoms with Crippen LogP contribution in [0, 0.1) is 11.6 Å². The van der Waals surface area contributed by atoms with E-state index in [1.165, 1.54) is 0 Å². The van der Waals surface area contributed by atoms with E-state index in [1.54, 1.807) is 6.92 Å². The highest BCUT2D eigenvalue weighted by Gasteiger charge is 2.24. The monoisotopic (exact) mass is 294 g/mol. The number of nitrogens with one attached hydrogen (secondary N) is 1. The number of halogens is 2. The Hall–Kier alpha value is -1.25. The molecule has 4 N–H and O–H groups in total. The number of rotatable bonds is 6. The van der Waals surface area contributed by atoms with Gasteiger partial charge in [-0.05, 0) is 31.9 Å². The number of hydrogen-bond acceptors (Lipinski definition) is 4. The molecule has 0 saturated heterocycles. The van der Waals surface area contributed by atoms with Crippen molar-refractivity contribution < 1.29 is 22.3 Å². The van der Waals surface area contributed by atoms with E-state index in [4.69, 9.17) is 10.8 Å². The molecule has 1 aromatic rings. The summed E-state index contributed by atoms with van der Waals surface area (Å²) in [6, 6.07) is 1.49. The van der Waals surface area contributed by atoms with Gasteiger partial charge in [0.25, 0.3) is 0 Å². The zero-order valence-corrected chi connectivity index (χ0v) is 11.2. The lowest BCUT2D eigenvalue weighted by atomic mass is 10.2. The van der Waals surface area contributed by atoms with Crippen molar-refractivity contribution in [1.29, 1.82) is 0 Å². The van der Waals surface area contributed by atoms with Crippen LogP contribution in [-0.2, 0) is 10.0 Å². The van der Waals surface area contributed by atoms with Crippen molar-refractivity contribution in [3.8, 4) is 0 Å². The Labute approximate surface area is 110 Å². The van der Waals surface area contributed by atoms with E-state index in [-0.39, 0.29) is 12.2 Å². The maximum Gasteiger partial charge on any atom is 0.246 e. The molecule has 1 atom stereocenters. The molecule has 0 aliphatic heterocycles. The standard InChI is InChI=1S/C11H16F2N2O3S/c1-7(16)3-2-4-15-19(17,18)11-9(12)5-8(14)6-10(11)13/h5-7,15-16H,2-4,14H2,1H3. The highest BCUT2D eigenvalue weighted by molar-refractivity contribution is 7.89. The Kier molecular flexibility index (Phi) is 5.21. The SMILES string of the molecule is CC(O)CCCNS(=O)(=O)c1c(F)cc(N)cc1F. The fourth-order valence-corrected chi connectivity index (χ4v) is 2.70. The molecule has 19 heavy (non-hydrogen) atoms. The summed E-state index contributed by atoms with van der Waals surface area (Å²) in [5, 5.41) is 9.01. The molecular weight excluding hydrogens is 278 g/mol. The molecule has 0 aliphatic carbocycles. The molecule has 0 amide bonds. The summed E-state index contributed by atoms with van der Waals surface area (Å²) in [5.41, 5.74) is 5.01. The lowest BCUT2D eigenvalue weighted by Gasteiger charge is -2.09. The van der Waals surface area contributed by atoms with Crippen LogP contribution in [0.5, 0.6) is 0 Å². The Bertz CT molecular complexity index is 524. The van der Waals surface area contributed by atoms with Crippen molar-refractivity contribution in [2.75, 3.05) is 12.3 Å². The molecule has 0 fully saturated rings. The first-order chi connectivity index (χ1) is 8.74. The quantitative estimate of drug-likeness (QED) is 0.539. The topological polar surface area (TPSA) is 92.4 Å². The Balaban J connectivity index is 2.84. The third kappa shape index (κ3) is 4.41. The third-order valence-electron chi connectivity index (χ3n) is 2.38. The molecular formula is C11H16F2N2O3S. The van der Waals surface area contributed by atoms with Crippen molar-refractivity contribution in [2.45, 2.75) is 30.8 Å². The largest absolute Gasteiger partial charge is 0.399 e. The van der Waals surface area contributed by atoms with Crippen molar-refractivity contribution in [3.05, 3.63) is 23.8 Å². The molecule has 108 valence electrons. The molecule has 5 nitrogen and oxygen atoms in total. The van der Waals surface area contributed by atoms with Crippen LogP contribution in [0.3, 0.4) is 0 Å². The highest BCUT2D eigenvalue weighted by atomic mass is 32.2. The van der Waals surface area contributed by atoms with Crippen LogP contribution in [0.2, 0.25) is 0 Å². The second kappa shape index (κ2) is 6.27. The van der Waals surface area contributed by atoms with Crippen LogP contribution >= 0.6 is 0 Å². The summed E-state index contributed by atoms with van der Waals surface area (Å²) in [7, 11) is -4.27. The van der Waals surface area contributed by atoms with E-state index < -0.39 is 32.7 Å². The molecule has 0 radical (unpaired) electrons. The number of benzene rings is 1. The van der Waals surface area contributed by atoms with Crippen molar-refractivity contribution in [3.63, 3.8) is 0 Å². The van der Waals surface area contributed by atoms with Gasteiger partial charge < -0.3 is 10.8 Å². The summed E-state index contributed by atoms with van der Waals surface area (Å²) in [6.45, 7) is 1.55. The van der Waals surface area contributed by atoms with Gasteiger partial charge in [-0.15, -0.1) is 0 Å². The summed E-state index contributed by atoms with van der Waals surface area (Å²) < 4.78 is 52.5. The number of nitrogen functional groups attached to an aromatic ring is 1. The molecule has 0 aromatic heterocycles. The first-order valence-corrected chi connectivity index (χ1v) is 7.14. The van der Waals surface area contributed by atoms with Gasteiger partial charge in [-0.3, -0.25) is 0 Å². The van der Waals surface area contributed by atoms with Crippen LogP contribution in [0.25, 0.3) is 0 Å². The molecule has 0 spiro atoms. The van der Waals surface area contributed by atoms with Gasteiger partial charge in [0.2, 0.25) is 10.0 Å². The number of aliphatic hydroxyl groups excluding tert-OH is 1. The molecule has 1 rings (SSSR count). The van der Waals surface area contributed by atoms with Gasteiger partial charge in [0.1, 0.15) is 11.6 Å². The molecule has 1 aromatic carbocycles. The zero-order valence-electron chi connectivity index (χ0n) is 10.4. The van der Waals surface area contributed by atoms with Gasteiger partial charge in [0, 0.05) is 12.2 Å². The molecule has 0 saturated carbocycles. The van der Waals surface area contributed by atoms with Gasteiger partial charge in [-0.25, -0.2) is 21.9 Å². The van der Waals surface area contributed by atoms with E-state index in [2.05, 4.69) is 4.72 Å². The lowest BCUT2D eigenvalue weighted by Crippen LogP contribution is -2.27. The van der Waals surface area contributed by atoms with Gasteiger partial charge in [0.05, 0.1) is 6.10 Å². The van der Waals surface area contributed by atoms with Crippen LogP contribution in [-0.4, -0.2) is 26.2 Å². The predicted octanol–water partition coefficient (Wildman–Crippen LogP) is 0.986. The van der Waals surface area contributed by atoms with Gasteiger partial charge >= 0.3 is 0 Å². The minimum Gasteiger partial charge on any atom is -0.399 e. The van der Waals surface area contributed by atoms with Crippen LogP contribution in [0.1, 0.15) is 19.8 Å². The van der Waals surface area contributed by atoms with E-state index >= 15 is 0 Å². The minimum absolute atomic E-state index is 0.0174. The number of anilines is 1. The average molecular weight is 294 g/mol. The second-order valence-electron chi connectivity index (χ2n) is 4.20. The Morgan fingerprint density at radius 1 is 1.37 bits per heavy atom. The maximum absolute atomic E-state index is 13.5. The Morgan fingerprint density at radius 3 is 2.37 bits per heavy atom. The van der Waals surface area contributed by atoms with E-state index in [1.807, 2.05) is 0 Å². The van der Waals surface area contributed by atoms with Gasteiger partial charge in [-0.1, -0.05) is 0 Å². The third-order valence-corrected chi connectivity index (χ3v) is 3.89. The normalized spacial score (nSPS) is 13.5. The fraction of sp³-hybridized carbons (Fsp3) is 0.455. The molecule has 0 bridgehead atoms.